The SMILES string of the molecule is CCCN(C(=O)CSCc1cccc(Cl)c1)C1CCNC1.Cl. The number of carbonyl (C=O) groups is 1. The van der Waals surface area contributed by atoms with Crippen LogP contribution in [0.2, 0.25) is 5.02 Å². The van der Waals surface area contributed by atoms with E-state index in [1.165, 1.54) is 5.56 Å². The number of hydrogen-bond acceptors (Lipinski definition) is 3. The Labute approximate surface area is 148 Å². The van der Waals surface area contributed by atoms with E-state index in [-0.39, 0.29) is 18.3 Å². The summed E-state index contributed by atoms with van der Waals surface area (Å²) in [7, 11) is 0. The van der Waals surface area contributed by atoms with E-state index < -0.39 is 0 Å². The minimum absolute atomic E-state index is 0. The quantitative estimate of drug-likeness (QED) is 0.804. The largest absolute Gasteiger partial charge is 0.338 e. The third-order valence-electron chi connectivity index (χ3n) is 3.64. The number of nitrogens with one attached hydrogen (secondary N) is 1. The molecule has 3 nitrogen and oxygen atoms in total. The summed E-state index contributed by atoms with van der Waals surface area (Å²) in [6, 6.07) is 8.21. The predicted molar refractivity (Wildman–Crippen MR) is 98.1 cm³/mol. The van der Waals surface area contributed by atoms with Gasteiger partial charge in [-0.1, -0.05) is 30.7 Å². The van der Waals surface area contributed by atoms with Gasteiger partial charge in [-0.3, -0.25) is 4.79 Å². The monoisotopic (exact) mass is 362 g/mol. The Hall–Kier alpha value is -0.420. The smallest absolute Gasteiger partial charge is 0.232 e. The van der Waals surface area contributed by atoms with E-state index >= 15 is 0 Å². The number of nitrogens with zero attached hydrogens (tertiary/aromatic N) is 1. The average Bonchev–Trinajstić information content (AvgIpc) is 2.98. The van der Waals surface area contributed by atoms with Crippen molar-refractivity contribution in [3.63, 3.8) is 0 Å². The van der Waals surface area contributed by atoms with Gasteiger partial charge in [0.1, 0.15) is 0 Å². The van der Waals surface area contributed by atoms with Crippen LogP contribution in [0.25, 0.3) is 0 Å². The molecular weight excluding hydrogens is 339 g/mol. The van der Waals surface area contributed by atoms with E-state index in [1.54, 1.807) is 11.8 Å². The lowest BCUT2D eigenvalue weighted by Crippen LogP contribution is -2.43. The third-order valence-corrected chi connectivity index (χ3v) is 4.87. The molecule has 1 aromatic rings. The minimum atomic E-state index is 0. The Morgan fingerprint density at radius 3 is 2.95 bits per heavy atom. The molecule has 0 spiro atoms. The topological polar surface area (TPSA) is 32.3 Å². The maximum absolute atomic E-state index is 12.4. The standard InChI is InChI=1S/C16H23ClN2OS.ClH/c1-2-8-19(15-6-7-18-10-15)16(20)12-21-11-13-4-3-5-14(17)9-13;/h3-5,9,15,18H,2,6-8,10-12H2,1H3;1H. The fourth-order valence-corrected chi connectivity index (χ4v) is 3.69. The van der Waals surface area contributed by atoms with Gasteiger partial charge in [0.05, 0.1) is 5.75 Å². The van der Waals surface area contributed by atoms with Crippen molar-refractivity contribution >= 4 is 41.7 Å². The first-order valence-electron chi connectivity index (χ1n) is 7.53. The fraction of sp³-hybridized carbons (Fsp3) is 0.562. The van der Waals surface area contributed by atoms with E-state index in [0.29, 0.717) is 11.8 Å². The predicted octanol–water partition coefficient (Wildman–Crippen LogP) is 3.60. The van der Waals surface area contributed by atoms with Crippen molar-refractivity contribution in [1.82, 2.24) is 10.2 Å². The summed E-state index contributed by atoms with van der Waals surface area (Å²) in [5.74, 6) is 1.63. The van der Waals surface area contributed by atoms with Crippen LogP contribution in [0.3, 0.4) is 0 Å². The van der Waals surface area contributed by atoms with Gasteiger partial charge in [-0.15, -0.1) is 24.2 Å². The number of benzene rings is 1. The van der Waals surface area contributed by atoms with E-state index in [4.69, 9.17) is 11.6 Å². The summed E-state index contributed by atoms with van der Waals surface area (Å²) < 4.78 is 0. The van der Waals surface area contributed by atoms with Gasteiger partial charge in [0.2, 0.25) is 5.91 Å². The van der Waals surface area contributed by atoms with Gasteiger partial charge in [-0.05, 0) is 37.1 Å². The van der Waals surface area contributed by atoms with Crippen molar-refractivity contribution in [3.05, 3.63) is 34.9 Å². The van der Waals surface area contributed by atoms with Crippen LogP contribution in [0, 0.1) is 0 Å². The molecule has 1 saturated heterocycles. The number of amides is 1. The highest BCUT2D eigenvalue weighted by Gasteiger charge is 2.25. The molecule has 0 bridgehead atoms. The maximum Gasteiger partial charge on any atom is 0.232 e. The third kappa shape index (κ3) is 5.99. The first kappa shape index (κ1) is 19.6. The molecule has 6 heteroatoms. The molecular formula is C16H24Cl2N2OS. The summed E-state index contributed by atoms with van der Waals surface area (Å²) >= 11 is 7.64. The van der Waals surface area contributed by atoms with E-state index in [9.17, 15) is 4.79 Å². The molecule has 0 aromatic heterocycles. The van der Waals surface area contributed by atoms with E-state index in [0.717, 1.165) is 43.3 Å². The van der Waals surface area contributed by atoms with Gasteiger partial charge in [0.15, 0.2) is 0 Å². The summed E-state index contributed by atoms with van der Waals surface area (Å²) in [6.45, 7) is 4.95. The Kier molecular flexibility index (Phi) is 9.25. The molecule has 1 heterocycles. The first-order chi connectivity index (χ1) is 10.2. The maximum atomic E-state index is 12.4. The van der Waals surface area contributed by atoms with Crippen LogP contribution in [-0.2, 0) is 10.5 Å². The number of halogens is 2. The molecule has 1 N–H and O–H groups in total. The molecule has 1 unspecified atom stereocenters. The van der Waals surface area contributed by atoms with Crippen LogP contribution in [0.4, 0.5) is 0 Å². The molecule has 1 amide bonds. The van der Waals surface area contributed by atoms with Gasteiger partial charge < -0.3 is 10.2 Å². The minimum Gasteiger partial charge on any atom is -0.338 e. The van der Waals surface area contributed by atoms with Crippen molar-refractivity contribution < 1.29 is 4.79 Å². The second-order valence-corrected chi connectivity index (χ2v) is 6.78. The first-order valence-corrected chi connectivity index (χ1v) is 9.06. The van der Waals surface area contributed by atoms with Crippen LogP contribution in [0.5, 0.6) is 0 Å². The van der Waals surface area contributed by atoms with Crippen molar-refractivity contribution in [1.29, 1.82) is 0 Å². The van der Waals surface area contributed by atoms with Gasteiger partial charge in [0.25, 0.3) is 0 Å². The lowest BCUT2D eigenvalue weighted by Gasteiger charge is -2.28. The Morgan fingerprint density at radius 2 is 2.32 bits per heavy atom. The zero-order chi connectivity index (χ0) is 15.1. The lowest BCUT2D eigenvalue weighted by molar-refractivity contribution is -0.130. The fourth-order valence-electron chi connectivity index (χ4n) is 2.62. The highest BCUT2D eigenvalue weighted by Crippen LogP contribution is 2.18. The van der Waals surface area contributed by atoms with Crippen molar-refractivity contribution in [2.75, 3.05) is 25.4 Å². The van der Waals surface area contributed by atoms with Crippen LogP contribution < -0.4 is 5.32 Å². The number of carbonyl (C=O) groups excluding carboxylic acids is 1. The van der Waals surface area contributed by atoms with Crippen molar-refractivity contribution in [2.45, 2.75) is 31.6 Å². The van der Waals surface area contributed by atoms with E-state index in [1.807, 2.05) is 24.3 Å². The van der Waals surface area contributed by atoms with Crippen molar-refractivity contribution in [2.24, 2.45) is 0 Å². The molecule has 0 aliphatic carbocycles. The molecule has 1 aromatic carbocycles. The molecule has 1 atom stereocenters. The van der Waals surface area contributed by atoms with E-state index in [2.05, 4.69) is 17.1 Å². The lowest BCUT2D eigenvalue weighted by atomic mass is 10.2. The molecule has 1 fully saturated rings. The van der Waals surface area contributed by atoms with Gasteiger partial charge in [-0.25, -0.2) is 0 Å². The molecule has 1 aliphatic rings. The molecule has 1 aliphatic heterocycles. The van der Waals surface area contributed by atoms with Crippen LogP contribution in [0.15, 0.2) is 24.3 Å². The van der Waals surface area contributed by atoms with Crippen molar-refractivity contribution in [3.8, 4) is 0 Å². The Bertz CT molecular complexity index is 467. The second kappa shape index (κ2) is 10.4. The zero-order valence-electron chi connectivity index (χ0n) is 12.9. The number of thioether (sulfide) groups is 1. The summed E-state index contributed by atoms with van der Waals surface area (Å²) in [4.78, 5) is 14.5. The Morgan fingerprint density at radius 1 is 1.50 bits per heavy atom. The molecule has 0 saturated carbocycles. The molecule has 124 valence electrons. The van der Waals surface area contributed by atoms with Gasteiger partial charge in [0, 0.05) is 29.9 Å². The van der Waals surface area contributed by atoms with Gasteiger partial charge >= 0.3 is 0 Å². The molecule has 0 radical (unpaired) electrons. The summed E-state index contributed by atoms with van der Waals surface area (Å²) in [6.07, 6.45) is 2.09. The normalized spacial score (nSPS) is 17.1. The van der Waals surface area contributed by atoms with Crippen LogP contribution >= 0.6 is 35.8 Å². The second-order valence-electron chi connectivity index (χ2n) is 5.36. The highest BCUT2D eigenvalue weighted by atomic mass is 35.5. The molecule has 2 rings (SSSR count). The van der Waals surface area contributed by atoms with Crippen LogP contribution in [-0.4, -0.2) is 42.2 Å². The zero-order valence-corrected chi connectivity index (χ0v) is 15.3. The highest BCUT2D eigenvalue weighted by molar-refractivity contribution is 7.99. The molecule has 22 heavy (non-hydrogen) atoms. The van der Waals surface area contributed by atoms with Crippen LogP contribution in [0.1, 0.15) is 25.3 Å². The summed E-state index contributed by atoms with van der Waals surface area (Å²) in [5, 5.41) is 4.09. The number of hydrogen-bond donors (Lipinski definition) is 1. The number of rotatable bonds is 7. The van der Waals surface area contributed by atoms with Gasteiger partial charge in [-0.2, -0.15) is 0 Å². The average molecular weight is 363 g/mol. The Balaban J connectivity index is 0.00000242. The summed E-state index contributed by atoms with van der Waals surface area (Å²) in [5.41, 5.74) is 1.17.